The number of anilines is 1. The topological polar surface area (TPSA) is 44.4 Å². The minimum absolute atomic E-state index is 0.225. The molecular formula is C16H24FN3O. The third kappa shape index (κ3) is 3.94. The summed E-state index contributed by atoms with van der Waals surface area (Å²) in [5.74, 6) is -0.617. The molecule has 1 aromatic rings. The molecule has 0 aliphatic carbocycles. The number of hydrogen-bond donors (Lipinski definition) is 2. The number of carbonyl (C=O) groups excluding carboxylic acids is 1. The molecule has 1 heterocycles. The zero-order valence-corrected chi connectivity index (χ0v) is 12.8. The van der Waals surface area contributed by atoms with Gasteiger partial charge in [-0.05, 0) is 51.9 Å². The molecule has 0 spiro atoms. The van der Waals surface area contributed by atoms with Crippen LogP contribution in [0, 0.1) is 5.82 Å². The minimum Gasteiger partial charge on any atom is -0.382 e. The fraction of sp³-hybridized carbons (Fsp3) is 0.562. The summed E-state index contributed by atoms with van der Waals surface area (Å²) in [6, 6.07) is 4.89. The summed E-state index contributed by atoms with van der Waals surface area (Å²) in [4.78, 5) is 14.6. The summed E-state index contributed by atoms with van der Waals surface area (Å²) in [7, 11) is 0. The number of amides is 1. The van der Waals surface area contributed by atoms with Crippen LogP contribution in [0.1, 0.15) is 37.0 Å². The van der Waals surface area contributed by atoms with E-state index in [4.69, 9.17) is 0 Å². The predicted octanol–water partition coefficient (Wildman–Crippen LogP) is 2.47. The molecule has 1 aliphatic rings. The second-order valence-corrected chi connectivity index (χ2v) is 5.49. The van der Waals surface area contributed by atoms with Crippen molar-refractivity contribution in [1.82, 2.24) is 10.2 Å². The number of benzene rings is 1. The molecule has 1 unspecified atom stereocenters. The van der Waals surface area contributed by atoms with Gasteiger partial charge in [0.2, 0.25) is 0 Å². The van der Waals surface area contributed by atoms with E-state index in [1.807, 2.05) is 6.92 Å². The van der Waals surface area contributed by atoms with Gasteiger partial charge in [0.05, 0.1) is 11.3 Å². The number of para-hydroxylation sites is 1. The second kappa shape index (κ2) is 7.41. The lowest BCUT2D eigenvalue weighted by molar-refractivity contribution is 0.0941. The standard InChI is InChI=1S/C16H24FN3O/c1-3-18-15-13(7-6-8-14(15)17)16(21)19-11-12(2)20-9-4-5-10-20/h6-8,12,18H,3-5,9-11H2,1-2H3,(H,19,21). The average Bonchev–Trinajstić information content (AvgIpc) is 3.01. The van der Waals surface area contributed by atoms with Crippen molar-refractivity contribution in [3.8, 4) is 0 Å². The molecule has 2 N–H and O–H groups in total. The maximum absolute atomic E-state index is 13.8. The quantitative estimate of drug-likeness (QED) is 0.847. The molecular weight excluding hydrogens is 269 g/mol. The summed E-state index contributed by atoms with van der Waals surface area (Å²) < 4.78 is 13.8. The fourth-order valence-electron chi connectivity index (χ4n) is 2.72. The van der Waals surface area contributed by atoms with Gasteiger partial charge in [0.1, 0.15) is 5.82 Å². The van der Waals surface area contributed by atoms with Crippen molar-refractivity contribution in [3.05, 3.63) is 29.6 Å². The Morgan fingerprint density at radius 2 is 2.10 bits per heavy atom. The summed E-state index contributed by atoms with van der Waals surface area (Å²) in [6.45, 7) is 7.34. The van der Waals surface area contributed by atoms with E-state index in [1.165, 1.54) is 18.9 Å². The lowest BCUT2D eigenvalue weighted by Gasteiger charge is -2.24. The van der Waals surface area contributed by atoms with E-state index < -0.39 is 5.82 Å². The molecule has 1 saturated heterocycles. The summed E-state index contributed by atoms with van der Waals surface area (Å²) in [5, 5.41) is 5.84. The van der Waals surface area contributed by atoms with Gasteiger partial charge in [-0.25, -0.2) is 4.39 Å². The molecule has 1 atom stereocenters. The lowest BCUT2D eigenvalue weighted by Crippen LogP contribution is -2.40. The lowest BCUT2D eigenvalue weighted by atomic mass is 10.1. The molecule has 5 heteroatoms. The SMILES string of the molecule is CCNc1c(F)cccc1C(=O)NCC(C)N1CCCC1. The number of rotatable bonds is 6. The molecule has 1 aliphatic heterocycles. The van der Waals surface area contributed by atoms with Crippen molar-refractivity contribution in [2.24, 2.45) is 0 Å². The van der Waals surface area contributed by atoms with Gasteiger partial charge < -0.3 is 10.6 Å². The minimum atomic E-state index is -0.392. The number of carbonyl (C=O) groups is 1. The van der Waals surface area contributed by atoms with Crippen molar-refractivity contribution < 1.29 is 9.18 Å². The Bertz CT molecular complexity index is 486. The fourth-order valence-corrected chi connectivity index (χ4v) is 2.72. The number of halogens is 1. The smallest absolute Gasteiger partial charge is 0.253 e. The Morgan fingerprint density at radius 3 is 2.76 bits per heavy atom. The van der Waals surface area contributed by atoms with Crippen molar-refractivity contribution >= 4 is 11.6 Å². The highest BCUT2D eigenvalue weighted by Crippen LogP contribution is 2.19. The van der Waals surface area contributed by atoms with Gasteiger partial charge in [-0.2, -0.15) is 0 Å². The van der Waals surface area contributed by atoms with Gasteiger partial charge in [-0.15, -0.1) is 0 Å². The van der Waals surface area contributed by atoms with Gasteiger partial charge in [0.25, 0.3) is 5.91 Å². The third-order valence-corrected chi connectivity index (χ3v) is 3.93. The number of likely N-dealkylation sites (tertiary alicyclic amines) is 1. The van der Waals surface area contributed by atoms with Crippen LogP contribution in [-0.4, -0.2) is 43.0 Å². The van der Waals surface area contributed by atoms with Crippen LogP contribution in [-0.2, 0) is 0 Å². The van der Waals surface area contributed by atoms with E-state index in [0.29, 0.717) is 24.7 Å². The summed E-state index contributed by atoms with van der Waals surface area (Å²) in [5.41, 5.74) is 0.650. The maximum atomic E-state index is 13.8. The van der Waals surface area contributed by atoms with Crippen LogP contribution >= 0.6 is 0 Å². The molecule has 0 bridgehead atoms. The Balaban J connectivity index is 1.98. The van der Waals surface area contributed by atoms with Crippen LogP contribution in [0.4, 0.5) is 10.1 Å². The molecule has 0 radical (unpaired) electrons. The first-order valence-electron chi connectivity index (χ1n) is 7.68. The Kier molecular flexibility index (Phi) is 5.56. The van der Waals surface area contributed by atoms with Crippen LogP contribution < -0.4 is 10.6 Å². The van der Waals surface area contributed by atoms with Gasteiger partial charge in [0, 0.05) is 19.1 Å². The average molecular weight is 293 g/mol. The van der Waals surface area contributed by atoms with Crippen molar-refractivity contribution in [2.75, 3.05) is 31.5 Å². The van der Waals surface area contributed by atoms with Gasteiger partial charge in [0.15, 0.2) is 0 Å². The predicted molar refractivity (Wildman–Crippen MR) is 83.2 cm³/mol. The summed E-state index contributed by atoms with van der Waals surface area (Å²) in [6.07, 6.45) is 2.46. The second-order valence-electron chi connectivity index (χ2n) is 5.49. The Hall–Kier alpha value is -1.62. The van der Waals surface area contributed by atoms with Crippen LogP contribution in [0.25, 0.3) is 0 Å². The number of hydrogen-bond acceptors (Lipinski definition) is 3. The normalized spacial score (nSPS) is 16.7. The zero-order valence-electron chi connectivity index (χ0n) is 12.8. The van der Waals surface area contributed by atoms with E-state index in [-0.39, 0.29) is 11.6 Å². The first-order valence-corrected chi connectivity index (χ1v) is 7.68. The van der Waals surface area contributed by atoms with E-state index in [9.17, 15) is 9.18 Å². The van der Waals surface area contributed by atoms with Crippen molar-refractivity contribution in [3.63, 3.8) is 0 Å². The number of nitrogens with zero attached hydrogens (tertiary/aromatic N) is 1. The molecule has 116 valence electrons. The molecule has 1 fully saturated rings. The highest BCUT2D eigenvalue weighted by atomic mass is 19.1. The van der Waals surface area contributed by atoms with Crippen molar-refractivity contribution in [1.29, 1.82) is 0 Å². The largest absolute Gasteiger partial charge is 0.382 e. The molecule has 4 nitrogen and oxygen atoms in total. The van der Waals surface area contributed by atoms with E-state index >= 15 is 0 Å². The molecule has 1 aromatic carbocycles. The Labute approximate surface area is 125 Å². The van der Waals surface area contributed by atoms with Gasteiger partial charge >= 0.3 is 0 Å². The molecule has 1 amide bonds. The van der Waals surface area contributed by atoms with Crippen LogP contribution in [0.3, 0.4) is 0 Å². The highest BCUT2D eigenvalue weighted by Gasteiger charge is 2.20. The van der Waals surface area contributed by atoms with Gasteiger partial charge in [-0.1, -0.05) is 6.07 Å². The first-order chi connectivity index (χ1) is 10.1. The van der Waals surface area contributed by atoms with Crippen LogP contribution in [0.5, 0.6) is 0 Å². The Morgan fingerprint density at radius 1 is 1.38 bits per heavy atom. The van der Waals surface area contributed by atoms with E-state index in [2.05, 4.69) is 22.5 Å². The van der Waals surface area contributed by atoms with Crippen LogP contribution in [0.2, 0.25) is 0 Å². The van der Waals surface area contributed by atoms with Crippen LogP contribution in [0.15, 0.2) is 18.2 Å². The maximum Gasteiger partial charge on any atom is 0.253 e. The first kappa shape index (κ1) is 15.8. The van der Waals surface area contributed by atoms with E-state index in [0.717, 1.165) is 13.1 Å². The van der Waals surface area contributed by atoms with E-state index in [1.54, 1.807) is 12.1 Å². The molecule has 21 heavy (non-hydrogen) atoms. The molecule has 0 aromatic heterocycles. The van der Waals surface area contributed by atoms with Crippen molar-refractivity contribution in [2.45, 2.75) is 32.7 Å². The monoisotopic (exact) mass is 293 g/mol. The third-order valence-electron chi connectivity index (χ3n) is 3.93. The molecule has 0 saturated carbocycles. The molecule has 2 rings (SSSR count). The summed E-state index contributed by atoms with van der Waals surface area (Å²) >= 11 is 0. The number of nitrogens with one attached hydrogen (secondary N) is 2. The van der Waals surface area contributed by atoms with Gasteiger partial charge in [-0.3, -0.25) is 9.69 Å². The highest BCUT2D eigenvalue weighted by molar-refractivity contribution is 5.99. The zero-order chi connectivity index (χ0) is 15.2.